The van der Waals surface area contributed by atoms with E-state index in [1.165, 1.54) is 0 Å². The Bertz CT molecular complexity index is 1020. The maximum Gasteiger partial charge on any atom is 0.262 e. The van der Waals surface area contributed by atoms with Crippen LogP contribution in [-0.2, 0) is 20.2 Å². The fraction of sp³-hybridized carbons (Fsp3) is 0.435. The number of aryl methyl sites for hydroxylation is 3. The first-order valence-electron chi connectivity index (χ1n) is 10.1. The Morgan fingerprint density at radius 1 is 1.03 bits per heavy atom. The molecule has 0 aromatic heterocycles. The smallest absolute Gasteiger partial charge is 0.262 e. The predicted octanol–water partition coefficient (Wildman–Crippen LogP) is 4.36. The zero-order valence-electron chi connectivity index (χ0n) is 17.8. The van der Waals surface area contributed by atoms with Crippen molar-refractivity contribution in [2.75, 3.05) is 4.72 Å². The number of benzene rings is 2. The van der Waals surface area contributed by atoms with Crippen LogP contribution in [0.5, 0.6) is 0 Å². The van der Waals surface area contributed by atoms with Crippen molar-refractivity contribution < 1.29 is 13.2 Å². The summed E-state index contributed by atoms with van der Waals surface area (Å²) in [6.45, 7) is 9.72. The molecule has 2 aromatic carbocycles. The summed E-state index contributed by atoms with van der Waals surface area (Å²) in [6.07, 6.45) is 2.53. The average Bonchev–Trinajstić information content (AvgIpc) is 3.46. The Morgan fingerprint density at radius 3 is 2.17 bits per heavy atom. The second-order valence-electron chi connectivity index (χ2n) is 8.25. The zero-order chi connectivity index (χ0) is 21.4. The topological polar surface area (TPSA) is 75.3 Å². The van der Waals surface area contributed by atoms with Gasteiger partial charge in [-0.25, -0.2) is 8.42 Å². The van der Waals surface area contributed by atoms with Crippen molar-refractivity contribution in [3.05, 3.63) is 58.7 Å². The summed E-state index contributed by atoms with van der Waals surface area (Å²) in [5.41, 5.74) is 3.68. The van der Waals surface area contributed by atoms with E-state index in [4.69, 9.17) is 0 Å². The monoisotopic (exact) mass is 414 g/mol. The van der Waals surface area contributed by atoms with Gasteiger partial charge in [-0.15, -0.1) is 0 Å². The van der Waals surface area contributed by atoms with E-state index < -0.39 is 15.4 Å². The number of hydrogen-bond acceptors (Lipinski definition) is 3. The van der Waals surface area contributed by atoms with E-state index >= 15 is 0 Å². The van der Waals surface area contributed by atoms with Crippen molar-refractivity contribution in [3.8, 4) is 0 Å². The Hall–Kier alpha value is -2.34. The van der Waals surface area contributed by atoms with Gasteiger partial charge in [0.15, 0.2) is 0 Å². The third kappa shape index (κ3) is 4.32. The highest BCUT2D eigenvalue weighted by atomic mass is 32.2. The van der Waals surface area contributed by atoms with Crippen molar-refractivity contribution in [1.29, 1.82) is 0 Å². The summed E-state index contributed by atoms with van der Waals surface area (Å²) in [6, 6.07) is 10.9. The molecule has 5 nitrogen and oxygen atoms in total. The predicted molar refractivity (Wildman–Crippen MR) is 117 cm³/mol. The quantitative estimate of drug-likeness (QED) is 0.707. The van der Waals surface area contributed by atoms with Crippen LogP contribution < -0.4 is 10.0 Å². The minimum Gasteiger partial charge on any atom is -0.353 e. The lowest BCUT2D eigenvalue weighted by molar-refractivity contribution is -0.124. The van der Waals surface area contributed by atoms with Gasteiger partial charge in [-0.3, -0.25) is 9.52 Å². The maximum atomic E-state index is 12.9. The van der Waals surface area contributed by atoms with Crippen molar-refractivity contribution in [2.45, 2.75) is 70.2 Å². The molecule has 1 amide bonds. The molecule has 3 rings (SSSR count). The molecule has 29 heavy (non-hydrogen) atoms. The Labute approximate surface area is 174 Å². The summed E-state index contributed by atoms with van der Waals surface area (Å²) >= 11 is 0. The SMILES string of the molecule is CCC(C)NC(=O)C1(c2ccc(NS(=O)(=O)c3cc(C)c(C)cc3C)cc2)CC1. The normalized spacial score (nSPS) is 16.2. The van der Waals surface area contributed by atoms with E-state index in [-0.39, 0.29) is 16.8 Å². The number of nitrogens with one attached hydrogen (secondary N) is 2. The van der Waals surface area contributed by atoms with Crippen molar-refractivity contribution in [3.63, 3.8) is 0 Å². The summed E-state index contributed by atoms with van der Waals surface area (Å²) in [4.78, 5) is 13.0. The van der Waals surface area contributed by atoms with E-state index in [2.05, 4.69) is 10.0 Å². The van der Waals surface area contributed by atoms with E-state index in [0.717, 1.165) is 41.5 Å². The standard InChI is InChI=1S/C23H30N2O3S/c1-6-18(5)24-22(26)23(11-12-23)19-7-9-20(10-8-19)25-29(27,28)21-14-16(3)15(2)13-17(21)4/h7-10,13-14,18,25H,6,11-12H2,1-5H3,(H,24,26). The highest BCUT2D eigenvalue weighted by molar-refractivity contribution is 7.92. The molecule has 0 spiro atoms. The minimum absolute atomic E-state index is 0.0611. The first kappa shape index (κ1) is 21.4. The van der Waals surface area contributed by atoms with Gasteiger partial charge in [-0.1, -0.05) is 25.1 Å². The molecule has 1 atom stereocenters. The minimum atomic E-state index is -3.68. The fourth-order valence-electron chi connectivity index (χ4n) is 3.53. The van der Waals surface area contributed by atoms with Crippen LogP contribution in [0.2, 0.25) is 0 Å². The van der Waals surface area contributed by atoms with Gasteiger partial charge in [0, 0.05) is 11.7 Å². The summed E-state index contributed by atoms with van der Waals surface area (Å²) < 4.78 is 28.4. The van der Waals surface area contributed by atoms with Gasteiger partial charge in [-0.2, -0.15) is 0 Å². The Kier molecular flexibility index (Phi) is 5.77. The second kappa shape index (κ2) is 7.82. The van der Waals surface area contributed by atoms with Crippen molar-refractivity contribution in [2.24, 2.45) is 0 Å². The third-order valence-corrected chi connectivity index (χ3v) is 7.47. The molecular formula is C23H30N2O3S. The van der Waals surface area contributed by atoms with Crippen LogP contribution in [0.25, 0.3) is 0 Å². The zero-order valence-corrected chi connectivity index (χ0v) is 18.6. The maximum absolute atomic E-state index is 12.9. The molecule has 1 fully saturated rings. The van der Waals surface area contributed by atoms with Gasteiger partial charge in [0.1, 0.15) is 0 Å². The molecule has 1 aliphatic carbocycles. The number of anilines is 1. The van der Waals surface area contributed by atoms with Gasteiger partial charge in [0.25, 0.3) is 10.0 Å². The largest absolute Gasteiger partial charge is 0.353 e. The number of amides is 1. The van der Waals surface area contributed by atoms with E-state index in [9.17, 15) is 13.2 Å². The first-order valence-corrected chi connectivity index (χ1v) is 11.6. The number of rotatable bonds is 7. The molecule has 0 aliphatic heterocycles. The van der Waals surface area contributed by atoms with Gasteiger partial charge < -0.3 is 5.32 Å². The molecule has 1 saturated carbocycles. The molecule has 156 valence electrons. The fourth-order valence-corrected chi connectivity index (χ4v) is 4.90. The Morgan fingerprint density at radius 2 is 1.62 bits per heavy atom. The summed E-state index contributed by atoms with van der Waals surface area (Å²) in [7, 11) is -3.68. The lowest BCUT2D eigenvalue weighted by Gasteiger charge is -2.19. The Balaban J connectivity index is 1.79. The van der Waals surface area contributed by atoms with Crippen LogP contribution in [0.4, 0.5) is 5.69 Å². The summed E-state index contributed by atoms with van der Waals surface area (Å²) in [5, 5.41) is 3.07. The van der Waals surface area contributed by atoms with E-state index in [1.807, 2.05) is 45.9 Å². The van der Waals surface area contributed by atoms with E-state index in [0.29, 0.717) is 5.69 Å². The first-order chi connectivity index (χ1) is 13.6. The molecule has 0 saturated heterocycles. The van der Waals surface area contributed by atoms with Crippen LogP contribution in [0, 0.1) is 20.8 Å². The van der Waals surface area contributed by atoms with Crippen LogP contribution in [0.15, 0.2) is 41.3 Å². The average molecular weight is 415 g/mol. The molecule has 1 aliphatic rings. The summed E-state index contributed by atoms with van der Waals surface area (Å²) in [5.74, 6) is 0.0611. The molecule has 6 heteroatoms. The molecule has 0 heterocycles. The number of hydrogen-bond donors (Lipinski definition) is 2. The lowest BCUT2D eigenvalue weighted by Crippen LogP contribution is -2.39. The number of carbonyl (C=O) groups is 1. The second-order valence-corrected chi connectivity index (χ2v) is 9.90. The van der Waals surface area contributed by atoms with Gasteiger partial charge in [0.2, 0.25) is 5.91 Å². The number of sulfonamides is 1. The van der Waals surface area contributed by atoms with Gasteiger partial charge >= 0.3 is 0 Å². The highest BCUT2D eigenvalue weighted by Gasteiger charge is 2.51. The molecule has 0 radical (unpaired) electrons. The third-order valence-electron chi connectivity index (χ3n) is 5.95. The van der Waals surface area contributed by atoms with Gasteiger partial charge in [0.05, 0.1) is 10.3 Å². The molecule has 0 bridgehead atoms. The lowest BCUT2D eigenvalue weighted by atomic mass is 9.94. The van der Waals surface area contributed by atoms with Crippen LogP contribution >= 0.6 is 0 Å². The van der Waals surface area contributed by atoms with Crippen LogP contribution in [0.3, 0.4) is 0 Å². The molecule has 1 unspecified atom stereocenters. The van der Waals surface area contributed by atoms with E-state index in [1.54, 1.807) is 25.1 Å². The molecule has 2 aromatic rings. The van der Waals surface area contributed by atoms with Crippen molar-refractivity contribution >= 4 is 21.6 Å². The van der Waals surface area contributed by atoms with Crippen LogP contribution in [0.1, 0.15) is 55.4 Å². The van der Waals surface area contributed by atoms with Crippen molar-refractivity contribution in [1.82, 2.24) is 5.32 Å². The molecule has 2 N–H and O–H groups in total. The van der Waals surface area contributed by atoms with Gasteiger partial charge in [-0.05, 0) is 87.4 Å². The highest BCUT2D eigenvalue weighted by Crippen LogP contribution is 2.48. The number of carbonyl (C=O) groups excluding carboxylic acids is 1. The van der Waals surface area contributed by atoms with Crippen LogP contribution in [-0.4, -0.2) is 20.4 Å². The molecular weight excluding hydrogens is 384 g/mol.